The van der Waals surface area contributed by atoms with Gasteiger partial charge in [-0.15, -0.1) is 0 Å². The van der Waals surface area contributed by atoms with E-state index in [-0.39, 0.29) is 34.0 Å². The third-order valence-corrected chi connectivity index (χ3v) is 15.6. The molecule has 4 fully saturated rings. The van der Waals surface area contributed by atoms with Gasteiger partial charge in [0.05, 0.1) is 25.9 Å². The summed E-state index contributed by atoms with van der Waals surface area (Å²) in [5.74, 6) is 0.172. The summed E-state index contributed by atoms with van der Waals surface area (Å²) in [5.41, 5.74) is 3.66. The molecule has 0 bridgehead atoms. The molecule has 0 spiro atoms. The molecular weight excluding hydrogens is 1090 g/mol. The number of carbonyl (C=O) groups excluding carboxylic acids is 2. The maximum Gasteiger partial charge on any atom is 0.481 e. The number of urea groups is 2. The van der Waals surface area contributed by atoms with Crippen LogP contribution in [-0.4, -0.2) is 123 Å². The summed E-state index contributed by atoms with van der Waals surface area (Å²) in [5, 5.41) is 10.8. The van der Waals surface area contributed by atoms with Crippen LogP contribution >= 0.6 is 15.6 Å². The minimum Gasteiger partial charge on any atom is -0.347 e. The van der Waals surface area contributed by atoms with E-state index in [9.17, 15) is 28.5 Å². The summed E-state index contributed by atoms with van der Waals surface area (Å²) in [7, 11) is -10.9. The Bertz CT molecular complexity index is 3460. The number of nitrogens with one attached hydrogen (secondary N) is 4. The molecule has 4 saturated heterocycles. The fraction of sp³-hybridized carbons (Fsp3) is 0.231. The average Bonchev–Trinajstić information content (AvgIpc) is 3.92. The zero-order valence-corrected chi connectivity index (χ0v) is 43.8. The van der Waals surface area contributed by atoms with Crippen LogP contribution in [0, 0.1) is 0 Å². The van der Waals surface area contributed by atoms with Gasteiger partial charge in [0.2, 0.25) is 0 Å². The molecule has 4 aliphatic rings. The lowest BCUT2D eigenvalue weighted by Crippen LogP contribution is -2.32. The molecular formula is C52H48N12O15P2. The van der Waals surface area contributed by atoms with Crippen LogP contribution in [-0.2, 0) is 50.9 Å². The third kappa shape index (κ3) is 12.2. The summed E-state index contributed by atoms with van der Waals surface area (Å²) >= 11 is 0. The van der Waals surface area contributed by atoms with Gasteiger partial charge in [0.25, 0.3) is 0 Å². The van der Waals surface area contributed by atoms with E-state index in [1.165, 1.54) is 34.4 Å². The van der Waals surface area contributed by atoms with Crippen molar-refractivity contribution in [2.75, 3.05) is 34.5 Å². The van der Waals surface area contributed by atoms with E-state index in [0.717, 1.165) is 11.1 Å². The summed E-state index contributed by atoms with van der Waals surface area (Å²) in [6.45, 7) is -1.45. The van der Waals surface area contributed by atoms with Crippen molar-refractivity contribution in [3.8, 4) is 0 Å². The normalized spacial score (nSPS) is 25.7. The quantitative estimate of drug-likeness (QED) is 0.0449. The number of anilines is 4. The Kier molecular flexibility index (Phi) is 15.4. The topological polar surface area (TPSA) is 327 Å². The largest absolute Gasteiger partial charge is 0.481 e. The number of carbonyl (C=O) groups is 2. The van der Waals surface area contributed by atoms with Gasteiger partial charge in [-0.05, 0) is 47.5 Å². The summed E-state index contributed by atoms with van der Waals surface area (Å²) in [6.07, 6.45) is 2.15. The number of ether oxygens (including phenoxy) is 6. The Morgan fingerprint density at radius 1 is 0.506 bits per heavy atom. The van der Waals surface area contributed by atoms with E-state index in [1.54, 1.807) is 72.8 Å². The highest BCUT2D eigenvalue weighted by Gasteiger charge is 2.56. The van der Waals surface area contributed by atoms with Gasteiger partial charge in [0.1, 0.15) is 49.3 Å². The van der Waals surface area contributed by atoms with Crippen LogP contribution in [0.4, 0.5) is 32.6 Å². The third-order valence-electron chi connectivity index (χ3n) is 13.0. The number of fused-ring (bicyclic) bond motifs is 4. The summed E-state index contributed by atoms with van der Waals surface area (Å²) in [4.78, 5) is 74.1. The molecule has 416 valence electrons. The van der Waals surface area contributed by atoms with Crippen LogP contribution in [0.3, 0.4) is 0 Å². The number of nitrogens with zero attached hydrogens (tertiary/aromatic N) is 8. The molecule has 0 aliphatic carbocycles. The van der Waals surface area contributed by atoms with Gasteiger partial charge in [-0.3, -0.25) is 28.8 Å². The second kappa shape index (κ2) is 23.2. The summed E-state index contributed by atoms with van der Waals surface area (Å²) in [6, 6.07) is 35.2. The van der Waals surface area contributed by atoms with Crippen molar-refractivity contribution in [3.63, 3.8) is 0 Å². The molecule has 27 nitrogen and oxygen atoms in total. The molecule has 8 heterocycles. The van der Waals surface area contributed by atoms with E-state index in [2.05, 4.69) is 51.2 Å². The zero-order chi connectivity index (χ0) is 55.5. The van der Waals surface area contributed by atoms with E-state index in [0.29, 0.717) is 11.4 Å². The molecule has 29 heteroatoms. The number of phosphoric ester groups is 2. The Labute approximate surface area is 459 Å². The molecule has 0 radical (unpaired) electrons. The van der Waals surface area contributed by atoms with Crippen molar-refractivity contribution in [3.05, 3.63) is 170 Å². The predicted octanol–water partition coefficient (Wildman–Crippen LogP) is 7.65. The first-order valence-electron chi connectivity index (χ1n) is 25.1. The van der Waals surface area contributed by atoms with Crippen LogP contribution in [0.1, 0.15) is 23.6 Å². The number of para-hydroxylation sites is 2. The smallest absolute Gasteiger partial charge is 0.347 e. The van der Waals surface area contributed by atoms with E-state index >= 15 is 0 Å². The number of phosphoric acid groups is 2. The lowest BCUT2D eigenvalue weighted by Gasteiger charge is -2.22. The van der Waals surface area contributed by atoms with E-state index in [4.69, 9.17) is 41.8 Å². The van der Waals surface area contributed by atoms with Gasteiger partial charge in [0.15, 0.2) is 59.0 Å². The number of rotatable bonds is 18. The maximum atomic E-state index is 13.6. The lowest BCUT2D eigenvalue weighted by atomic mass is 10.1. The second-order valence-corrected chi connectivity index (χ2v) is 21.4. The van der Waals surface area contributed by atoms with Crippen molar-refractivity contribution in [2.45, 2.75) is 61.7 Å². The van der Waals surface area contributed by atoms with Gasteiger partial charge in [-0.2, -0.15) is 4.31 Å². The van der Waals surface area contributed by atoms with Crippen LogP contribution < -0.4 is 21.3 Å². The van der Waals surface area contributed by atoms with Crippen molar-refractivity contribution in [2.24, 2.45) is 0 Å². The molecule has 0 saturated carbocycles. The van der Waals surface area contributed by atoms with Crippen LogP contribution in [0.25, 0.3) is 34.5 Å². The first-order valence-corrected chi connectivity index (χ1v) is 28.0. The van der Waals surface area contributed by atoms with E-state index < -0.39 is 103 Å². The highest BCUT2D eigenvalue weighted by Crippen LogP contribution is 2.61. The average molecular weight is 1140 g/mol. The van der Waals surface area contributed by atoms with Gasteiger partial charge >= 0.3 is 27.7 Å². The molecule has 8 aromatic rings. The van der Waals surface area contributed by atoms with Crippen molar-refractivity contribution >= 4 is 85.2 Å². The van der Waals surface area contributed by atoms with Crippen LogP contribution in [0.15, 0.2) is 159 Å². The van der Waals surface area contributed by atoms with Crippen molar-refractivity contribution in [1.29, 1.82) is 0 Å². The molecule has 12 atom stereocenters. The van der Waals surface area contributed by atoms with Gasteiger partial charge < -0.3 is 48.8 Å². The molecule has 4 unspecified atom stereocenters. The summed E-state index contributed by atoms with van der Waals surface area (Å²) < 4.78 is 83.7. The molecule has 4 aliphatic heterocycles. The molecule has 81 heavy (non-hydrogen) atoms. The molecule has 6 N–H and O–H groups in total. The fourth-order valence-electron chi connectivity index (χ4n) is 9.48. The number of hydrogen-bond acceptors (Lipinski definition) is 19. The first-order chi connectivity index (χ1) is 39.4. The van der Waals surface area contributed by atoms with Gasteiger partial charge in [-0.1, -0.05) is 109 Å². The van der Waals surface area contributed by atoms with Crippen molar-refractivity contribution in [1.82, 2.24) is 39.0 Å². The number of aromatic nitrogens is 8. The van der Waals surface area contributed by atoms with Crippen molar-refractivity contribution < 1.29 is 70.3 Å². The lowest BCUT2D eigenvalue weighted by molar-refractivity contribution is -0.133. The second-order valence-electron chi connectivity index (χ2n) is 18.4. The Morgan fingerprint density at radius 3 is 1.30 bits per heavy atom. The van der Waals surface area contributed by atoms with Crippen LogP contribution in [0.5, 0.6) is 0 Å². The minimum atomic E-state index is -5.46. The minimum absolute atomic E-state index is 0.0862. The van der Waals surface area contributed by atoms with Gasteiger partial charge in [-0.25, -0.2) is 48.6 Å². The Balaban J connectivity index is 0.731. The number of amides is 4. The number of hydrogen-bond donors (Lipinski definition) is 6. The maximum absolute atomic E-state index is 13.6. The Morgan fingerprint density at radius 2 is 0.889 bits per heavy atom. The monoisotopic (exact) mass is 1140 g/mol. The van der Waals surface area contributed by atoms with E-state index in [1.807, 2.05) is 72.8 Å². The SMILES string of the molecule is O=C(Nc1ccccc1)Nc1ncnc2c1ncn2[C@@H]1O[C@H](COP(=O)(O)OP(=O)(O)OC[C@H]2O[C@@H](n3cnc4c(NC(=O)Nc5ccccc5)ncnc43)[C@@H]3OC(/C=C/c4ccccc4)O[C@@H]32)[C@H]2OC(/C=C/c3ccccc3)O[C@H]21. The standard InChI is InChI=1S/C52H48N12O15P2/c65-51(59-33-17-9-3-10-18-33)61-45-39-47(55-27-53-45)63(29-57-39)49-43-41(75-37(77-43)23-21-31-13-5-1-6-14-31)35(73-49)25-71-80(67,68)79-81(69,70)72-26-36-42-44(78-38(76-42)24-22-32-15-7-2-8-16-32)50(74-36)64-30-58-40-46(54-28-56-48(40)64)62-52(66)60-34-19-11-4-12-20-34/h1-24,27-30,35-38,41-44,49-50H,25-26H2,(H,67,68)(H,69,70)(H2,53,55,59,61,65)(H2,54,56,60,62,66)/b23-21+,24-22+/t35-,36-,37?,38?,41-,42-,43-,44-,49-,50-/m1/s1. The zero-order valence-electron chi connectivity index (χ0n) is 42.0. The van der Waals surface area contributed by atoms with Gasteiger partial charge in [0, 0.05) is 11.4 Å². The first kappa shape index (κ1) is 53.7. The highest BCUT2D eigenvalue weighted by atomic mass is 31.3. The Hall–Kier alpha value is -7.98. The van der Waals surface area contributed by atoms with Crippen LogP contribution in [0.2, 0.25) is 0 Å². The molecule has 12 rings (SSSR count). The fourth-order valence-corrected chi connectivity index (χ4v) is 11.6. The molecule has 4 amide bonds. The highest BCUT2D eigenvalue weighted by molar-refractivity contribution is 7.61. The molecule has 4 aromatic heterocycles. The molecule has 4 aromatic carbocycles. The predicted molar refractivity (Wildman–Crippen MR) is 287 cm³/mol. The number of benzene rings is 4. The number of imidazole rings is 2.